The van der Waals surface area contributed by atoms with E-state index in [0.717, 1.165) is 54.8 Å². The largest absolute Gasteiger partial charge is 0.497 e. The normalized spacial score (nSPS) is 17.6. The van der Waals surface area contributed by atoms with Gasteiger partial charge in [0.2, 0.25) is 5.95 Å². The summed E-state index contributed by atoms with van der Waals surface area (Å²) in [7, 11) is 3.31. The van der Waals surface area contributed by atoms with Gasteiger partial charge in [-0.3, -0.25) is 4.90 Å². The van der Waals surface area contributed by atoms with Gasteiger partial charge in [-0.25, -0.2) is 4.98 Å². The van der Waals surface area contributed by atoms with Crippen LogP contribution in [0.4, 0.5) is 11.8 Å². The molecule has 2 aromatic rings. The summed E-state index contributed by atoms with van der Waals surface area (Å²) >= 11 is 0. The maximum Gasteiger partial charge on any atom is 0.222 e. The van der Waals surface area contributed by atoms with Crippen LogP contribution in [0, 0.1) is 6.92 Å². The molecule has 1 aliphatic heterocycles. The minimum atomic E-state index is 0.140. The van der Waals surface area contributed by atoms with Crippen molar-refractivity contribution in [2.24, 2.45) is 0 Å². The minimum absolute atomic E-state index is 0.140. The lowest BCUT2D eigenvalue weighted by atomic mass is 10.1. The highest BCUT2D eigenvalue weighted by molar-refractivity contribution is 5.44. The Bertz CT molecular complexity index is 759. The second kappa shape index (κ2) is 9.07. The van der Waals surface area contributed by atoms with Crippen LogP contribution in [0.3, 0.4) is 0 Å². The van der Waals surface area contributed by atoms with Crippen molar-refractivity contribution < 1.29 is 14.6 Å². The lowest BCUT2D eigenvalue weighted by Crippen LogP contribution is -2.53. The van der Waals surface area contributed by atoms with E-state index in [4.69, 9.17) is 15.2 Å². The number of nitrogens with two attached hydrogens (primary N) is 1. The fraction of sp³-hybridized carbons (Fsp3) is 0.500. The molecule has 0 aliphatic carbocycles. The number of rotatable bonds is 7. The average molecular weight is 387 g/mol. The van der Waals surface area contributed by atoms with Gasteiger partial charge >= 0.3 is 0 Å². The molecule has 1 atom stereocenters. The van der Waals surface area contributed by atoms with Crippen LogP contribution in [0.2, 0.25) is 0 Å². The number of benzene rings is 1. The third kappa shape index (κ3) is 4.82. The zero-order chi connectivity index (χ0) is 20.1. The summed E-state index contributed by atoms with van der Waals surface area (Å²) in [6.45, 7) is 5.28. The fourth-order valence-corrected chi connectivity index (χ4v) is 3.66. The highest BCUT2D eigenvalue weighted by Crippen LogP contribution is 2.26. The molecule has 8 nitrogen and oxygen atoms in total. The number of aliphatic hydroxyl groups excluding tert-OH is 1. The Morgan fingerprint density at radius 1 is 1.11 bits per heavy atom. The van der Waals surface area contributed by atoms with Crippen molar-refractivity contribution in [3.05, 3.63) is 35.5 Å². The van der Waals surface area contributed by atoms with Gasteiger partial charge < -0.3 is 25.2 Å². The van der Waals surface area contributed by atoms with Crippen molar-refractivity contribution in [2.75, 3.05) is 51.1 Å². The van der Waals surface area contributed by atoms with Gasteiger partial charge in [-0.1, -0.05) is 0 Å². The van der Waals surface area contributed by atoms with Crippen LogP contribution in [0.25, 0.3) is 0 Å². The van der Waals surface area contributed by atoms with E-state index in [1.165, 1.54) is 0 Å². The molecule has 1 saturated heterocycles. The third-order valence-electron chi connectivity index (χ3n) is 5.05. The summed E-state index contributed by atoms with van der Waals surface area (Å²) in [6.07, 6.45) is 0.692. The van der Waals surface area contributed by atoms with Crippen LogP contribution < -0.4 is 20.1 Å². The lowest BCUT2D eigenvalue weighted by Gasteiger charge is -2.42. The smallest absolute Gasteiger partial charge is 0.222 e. The molecule has 0 unspecified atom stereocenters. The lowest BCUT2D eigenvalue weighted by molar-refractivity contribution is 0.135. The number of methoxy groups -OCH3 is 2. The minimum Gasteiger partial charge on any atom is -0.497 e. The highest BCUT2D eigenvalue weighted by Gasteiger charge is 2.28. The van der Waals surface area contributed by atoms with Crippen molar-refractivity contribution in [3.8, 4) is 11.5 Å². The number of hydrogen-bond donors (Lipinski definition) is 2. The van der Waals surface area contributed by atoms with E-state index in [1.54, 1.807) is 14.2 Å². The van der Waals surface area contributed by atoms with Gasteiger partial charge in [-0.15, -0.1) is 0 Å². The summed E-state index contributed by atoms with van der Waals surface area (Å²) in [5.41, 5.74) is 7.79. The molecule has 1 aromatic heterocycles. The van der Waals surface area contributed by atoms with Crippen LogP contribution in [0.15, 0.2) is 24.3 Å². The van der Waals surface area contributed by atoms with Crippen LogP contribution in [0.1, 0.15) is 17.7 Å². The van der Waals surface area contributed by atoms with Crippen molar-refractivity contribution in [2.45, 2.75) is 25.9 Å². The summed E-state index contributed by atoms with van der Waals surface area (Å²) in [6, 6.07) is 8.08. The van der Waals surface area contributed by atoms with Crippen molar-refractivity contribution >= 4 is 11.8 Å². The Balaban J connectivity index is 1.76. The Kier molecular flexibility index (Phi) is 6.53. The molecule has 3 rings (SSSR count). The Morgan fingerprint density at radius 2 is 1.82 bits per heavy atom. The number of aliphatic hydroxyl groups is 1. The molecule has 0 bridgehead atoms. The number of nitrogens with zero attached hydrogens (tertiary/aromatic N) is 4. The van der Waals surface area contributed by atoms with Crippen molar-refractivity contribution in [1.29, 1.82) is 0 Å². The van der Waals surface area contributed by atoms with E-state index >= 15 is 0 Å². The standard InChI is InChI=1S/C20H29N5O3/c1-14-8-19(23-20(21)22-14)25-6-5-24(16(13-25)4-7-26)12-15-9-17(27-2)11-18(10-15)28-3/h8-11,16,26H,4-7,12-13H2,1-3H3,(H2,21,22,23)/t16-/m1/s1. The third-order valence-corrected chi connectivity index (χ3v) is 5.05. The molecule has 1 fully saturated rings. The van der Waals surface area contributed by atoms with Gasteiger partial charge in [0.05, 0.1) is 14.2 Å². The second-order valence-electron chi connectivity index (χ2n) is 7.03. The second-order valence-corrected chi connectivity index (χ2v) is 7.03. The van der Waals surface area contributed by atoms with E-state index < -0.39 is 0 Å². The zero-order valence-corrected chi connectivity index (χ0v) is 16.8. The molecule has 152 valence electrons. The van der Waals surface area contributed by atoms with Crippen LogP contribution in [-0.4, -0.2) is 66.5 Å². The molecular formula is C20H29N5O3. The Hall–Kier alpha value is -2.58. The van der Waals surface area contributed by atoms with Crippen LogP contribution >= 0.6 is 0 Å². The molecule has 1 aromatic carbocycles. The first-order valence-electron chi connectivity index (χ1n) is 9.45. The average Bonchev–Trinajstić information content (AvgIpc) is 2.68. The molecule has 28 heavy (non-hydrogen) atoms. The van der Waals surface area contributed by atoms with Crippen molar-refractivity contribution in [1.82, 2.24) is 14.9 Å². The molecule has 2 heterocycles. The first kappa shape index (κ1) is 20.2. The monoisotopic (exact) mass is 387 g/mol. The maximum atomic E-state index is 9.58. The topological polar surface area (TPSA) is 97.0 Å². The summed E-state index contributed by atoms with van der Waals surface area (Å²) < 4.78 is 10.8. The quantitative estimate of drug-likeness (QED) is 0.737. The molecule has 0 spiro atoms. The molecular weight excluding hydrogens is 358 g/mol. The van der Waals surface area contributed by atoms with Gasteiger partial charge in [-0.05, 0) is 31.0 Å². The number of nitrogen functional groups attached to an aromatic ring is 1. The van der Waals surface area contributed by atoms with E-state index in [2.05, 4.69) is 19.8 Å². The van der Waals surface area contributed by atoms with E-state index in [9.17, 15) is 5.11 Å². The highest BCUT2D eigenvalue weighted by atomic mass is 16.5. The number of anilines is 2. The van der Waals surface area contributed by atoms with E-state index in [1.807, 2.05) is 31.2 Å². The Morgan fingerprint density at radius 3 is 2.43 bits per heavy atom. The molecule has 0 radical (unpaired) electrons. The first-order valence-corrected chi connectivity index (χ1v) is 9.45. The van der Waals surface area contributed by atoms with E-state index in [0.29, 0.717) is 12.4 Å². The number of ether oxygens (including phenoxy) is 2. The van der Waals surface area contributed by atoms with E-state index in [-0.39, 0.29) is 12.6 Å². The predicted molar refractivity (Wildman–Crippen MR) is 109 cm³/mol. The maximum absolute atomic E-state index is 9.58. The molecule has 0 saturated carbocycles. The summed E-state index contributed by atoms with van der Waals surface area (Å²) in [5, 5.41) is 9.58. The predicted octanol–water partition coefficient (Wildman–Crippen LogP) is 1.46. The zero-order valence-electron chi connectivity index (χ0n) is 16.8. The summed E-state index contributed by atoms with van der Waals surface area (Å²) in [5.74, 6) is 2.69. The molecule has 3 N–H and O–H groups in total. The van der Waals surface area contributed by atoms with Crippen molar-refractivity contribution in [3.63, 3.8) is 0 Å². The van der Waals surface area contributed by atoms with Crippen LogP contribution in [-0.2, 0) is 6.54 Å². The van der Waals surface area contributed by atoms with Gasteiger partial charge in [0.25, 0.3) is 0 Å². The van der Waals surface area contributed by atoms with Crippen LogP contribution in [0.5, 0.6) is 11.5 Å². The summed E-state index contributed by atoms with van der Waals surface area (Å²) in [4.78, 5) is 13.1. The van der Waals surface area contributed by atoms with Gasteiger partial charge in [0, 0.05) is 56.7 Å². The first-order chi connectivity index (χ1) is 13.5. The number of hydrogen-bond acceptors (Lipinski definition) is 8. The number of piperazine rings is 1. The molecule has 0 amide bonds. The van der Waals surface area contributed by atoms with Gasteiger partial charge in [0.15, 0.2) is 0 Å². The SMILES string of the molecule is COc1cc(CN2CCN(c3cc(C)nc(N)n3)C[C@H]2CCO)cc(OC)c1. The van der Waals surface area contributed by atoms with Gasteiger partial charge in [-0.2, -0.15) is 4.98 Å². The number of aromatic nitrogens is 2. The number of aryl methyl sites for hydroxylation is 1. The Labute approximate surface area is 165 Å². The fourth-order valence-electron chi connectivity index (χ4n) is 3.66. The molecule has 1 aliphatic rings. The van der Waals surface area contributed by atoms with Gasteiger partial charge in [0.1, 0.15) is 17.3 Å². The molecule has 8 heteroatoms.